The number of unbranched alkanes of at least 4 members (excludes halogenated alkanes) is 20. The fourth-order valence-electron chi connectivity index (χ4n) is 14.2. The molecule has 0 aliphatic heterocycles. The molecule has 11 aromatic rings. The van der Waals surface area contributed by atoms with Gasteiger partial charge in [0, 0.05) is 0 Å². The van der Waals surface area contributed by atoms with Crippen LogP contribution in [0.15, 0.2) is 109 Å². The molecule has 0 aliphatic carbocycles. The van der Waals surface area contributed by atoms with Gasteiger partial charge in [-0.25, -0.2) is 0 Å². The second-order valence-electron chi connectivity index (χ2n) is 26.3. The van der Waals surface area contributed by atoms with Gasteiger partial charge in [0.2, 0.25) is 0 Å². The van der Waals surface area contributed by atoms with E-state index >= 15 is 0 Å². The first kappa shape index (κ1) is 67.1. The van der Waals surface area contributed by atoms with Crippen molar-refractivity contribution in [3.8, 4) is 62.0 Å². The quantitative estimate of drug-likeness (QED) is 0.0220. The van der Waals surface area contributed by atoms with Gasteiger partial charge >= 0.3 is 293 Å². The van der Waals surface area contributed by atoms with E-state index in [0.29, 0.717) is 0 Å². The van der Waals surface area contributed by atoms with Crippen molar-refractivity contribution in [2.45, 2.75) is 234 Å². The molecule has 0 spiro atoms. The third kappa shape index (κ3) is 16.9. The average molecular weight is 1400 g/mol. The van der Waals surface area contributed by atoms with Crippen molar-refractivity contribution >= 4 is 119 Å². The predicted molar refractivity (Wildman–Crippen MR) is 401 cm³/mol. The third-order valence-electron chi connectivity index (χ3n) is 19.4. The van der Waals surface area contributed by atoms with E-state index in [0.717, 1.165) is 45.0 Å². The Hall–Kier alpha value is -4.34. The van der Waals surface area contributed by atoms with Crippen LogP contribution in [0.4, 0.5) is 0 Å². The van der Waals surface area contributed by atoms with Crippen LogP contribution < -0.4 is 0 Å². The van der Waals surface area contributed by atoms with Gasteiger partial charge in [0.25, 0.3) is 0 Å². The first-order valence-corrected chi connectivity index (χ1v) is 41.5. The van der Waals surface area contributed by atoms with Gasteiger partial charge in [0.05, 0.1) is 0 Å². The summed E-state index contributed by atoms with van der Waals surface area (Å²) in [5.41, 5.74) is 14.5. The molecule has 0 amide bonds. The normalized spacial score (nSPS) is 12.1. The predicted octanol–water partition coefficient (Wildman–Crippen LogP) is 26.2. The van der Waals surface area contributed by atoms with Gasteiger partial charge in [-0.3, -0.25) is 0 Å². The molecule has 0 bridgehead atoms. The standard InChI is InChI=1S/C80H98N4S4Se2/c1-7-11-15-19-23-27-31-57(32-28-24-20-16-12-8-2)51-59-37-39-62-67(53-59)56(6)61-38-36-60(52-58(33-29-25-21-17-13-9-3)34-30-26-22-18-14-10-4)54-68(61)76(62)75-50-49-74(88-75)73-48-46-70(87-73)66-43-41-64(78-80(66)84-90-82-78)63-40-42-65(79-77(63)81-89-83-79)69-45-47-72(86-69)71-44-35-55(5)85-71/h35-50,53-54,57-58H,7-34,51-52H2,1-6H3. The summed E-state index contributed by atoms with van der Waals surface area (Å²) in [4.78, 5) is 10.4. The first-order chi connectivity index (χ1) is 44.3. The Labute approximate surface area is 568 Å². The molecule has 10 heteroatoms. The van der Waals surface area contributed by atoms with Crippen LogP contribution in [-0.2, 0) is 12.8 Å². The molecule has 4 nitrogen and oxygen atoms in total. The summed E-state index contributed by atoms with van der Waals surface area (Å²) in [6.07, 6.45) is 40.8. The molecule has 5 aromatic carbocycles. The average Bonchev–Trinajstić information content (AvgIpc) is 1.28. The summed E-state index contributed by atoms with van der Waals surface area (Å²) in [6, 6.07) is 43.0. The van der Waals surface area contributed by atoms with E-state index in [-0.39, 0.29) is 29.9 Å². The Morgan fingerprint density at radius 1 is 0.311 bits per heavy atom. The van der Waals surface area contributed by atoms with Crippen LogP contribution in [0.5, 0.6) is 0 Å². The van der Waals surface area contributed by atoms with Crippen molar-refractivity contribution in [2.75, 3.05) is 0 Å². The van der Waals surface area contributed by atoms with Gasteiger partial charge in [-0.05, 0) is 48.3 Å². The Morgan fingerprint density at radius 3 is 1.09 bits per heavy atom. The number of nitrogens with zero attached hydrogens (tertiary/aromatic N) is 4. The minimum absolute atomic E-state index is 0.181. The fourth-order valence-corrected chi connectivity index (χ4v) is 20.8. The van der Waals surface area contributed by atoms with Crippen molar-refractivity contribution in [1.29, 1.82) is 0 Å². The monoisotopic (exact) mass is 1400 g/mol. The maximum atomic E-state index is 5.16. The molecule has 0 aliphatic rings. The molecule has 0 fully saturated rings. The number of aryl methyl sites for hydroxylation is 2. The number of aromatic nitrogens is 4. The molecule has 11 rings (SSSR count). The van der Waals surface area contributed by atoms with Crippen LogP contribution in [0.3, 0.4) is 0 Å². The fraction of sp³-hybridized carbons (Fsp3) is 0.475. The van der Waals surface area contributed by atoms with Gasteiger partial charge in [0.15, 0.2) is 0 Å². The number of thiophene rings is 4. The van der Waals surface area contributed by atoms with Crippen LogP contribution in [0.2, 0.25) is 0 Å². The number of hydrogen-bond acceptors (Lipinski definition) is 8. The Bertz CT molecular complexity index is 3980. The van der Waals surface area contributed by atoms with Gasteiger partial charge in [-0.1, -0.05) is 232 Å². The maximum absolute atomic E-state index is 5.16. The second kappa shape index (κ2) is 34.2. The number of fused-ring (bicyclic) bond motifs is 4. The van der Waals surface area contributed by atoms with Crippen molar-refractivity contribution in [2.24, 2.45) is 11.8 Å². The Morgan fingerprint density at radius 2 is 0.656 bits per heavy atom. The summed E-state index contributed by atoms with van der Waals surface area (Å²) >= 11 is 7.19. The molecule has 0 unspecified atom stereocenters. The zero-order valence-electron chi connectivity index (χ0n) is 55.0. The molecule has 90 heavy (non-hydrogen) atoms. The number of hydrogen-bond donors (Lipinski definition) is 0. The van der Waals surface area contributed by atoms with Crippen LogP contribution >= 0.6 is 45.3 Å². The van der Waals surface area contributed by atoms with E-state index in [1.165, 1.54) is 287 Å². The van der Waals surface area contributed by atoms with Crippen molar-refractivity contribution in [1.82, 2.24) is 15.9 Å². The zero-order chi connectivity index (χ0) is 62.0. The van der Waals surface area contributed by atoms with E-state index in [1.54, 1.807) is 0 Å². The molecule has 6 heterocycles. The second-order valence-corrected chi connectivity index (χ2v) is 33.0. The molecule has 0 atom stereocenters. The smallest absolute Gasteiger partial charge is 0.0654 e. The first-order valence-electron chi connectivity index (χ1n) is 35.2. The molecule has 0 N–H and O–H groups in total. The van der Waals surface area contributed by atoms with Gasteiger partial charge in [-0.2, -0.15) is 0 Å². The molecule has 0 saturated carbocycles. The third-order valence-corrected chi connectivity index (χ3v) is 26.3. The number of rotatable bonds is 38. The molecule has 474 valence electrons. The van der Waals surface area contributed by atoms with Gasteiger partial charge < -0.3 is 0 Å². The Kier molecular flexibility index (Phi) is 25.5. The summed E-state index contributed by atoms with van der Waals surface area (Å²) < 4.78 is 20.4. The van der Waals surface area contributed by atoms with Crippen LogP contribution in [0.25, 0.3) is 106 Å². The van der Waals surface area contributed by atoms with E-state index in [9.17, 15) is 0 Å². The van der Waals surface area contributed by atoms with Crippen LogP contribution in [0.1, 0.15) is 229 Å². The summed E-state index contributed by atoms with van der Waals surface area (Å²) in [6.45, 7) is 14.0. The van der Waals surface area contributed by atoms with Crippen molar-refractivity contribution in [3.05, 3.63) is 131 Å². The summed E-state index contributed by atoms with van der Waals surface area (Å²) in [5.74, 6) is 1.49. The summed E-state index contributed by atoms with van der Waals surface area (Å²) in [7, 11) is 0. The minimum atomic E-state index is -0.205. The van der Waals surface area contributed by atoms with Crippen LogP contribution in [-0.4, -0.2) is 45.8 Å². The molecule has 0 radical (unpaired) electrons. The topological polar surface area (TPSA) is 51.6 Å². The molecular formula is C80H98N4S4Se2. The van der Waals surface area contributed by atoms with Gasteiger partial charge in [0.1, 0.15) is 0 Å². The minimum Gasteiger partial charge on any atom is -0.0654 e. The molecular weight excluding hydrogens is 1300 g/mol. The van der Waals surface area contributed by atoms with E-state index in [1.807, 2.05) is 45.3 Å². The van der Waals surface area contributed by atoms with Crippen LogP contribution in [0, 0.1) is 25.7 Å². The number of benzene rings is 5. The SMILES string of the molecule is CCCCCCCCC(CCCCCCCC)Cc1ccc2c(-c3ccc(-c4ccc(-c5ccc(-c6ccc(-c7ccc(-c8ccc(C)s8)s7)c7n[se]nc67)c6n[se]nc56)s4)s3)c3cc(CC(CCCCCCCC)CCCCCCCC)ccc3c(C)c2c1. The zero-order valence-corrected chi connectivity index (χ0v) is 61.7. The molecule has 6 aromatic heterocycles. The molecule has 0 saturated heterocycles. The van der Waals surface area contributed by atoms with Crippen molar-refractivity contribution in [3.63, 3.8) is 0 Å². The Balaban J connectivity index is 0.901. The van der Waals surface area contributed by atoms with Gasteiger partial charge in [-0.15, -0.1) is 0 Å². The van der Waals surface area contributed by atoms with E-state index in [2.05, 4.69) is 151 Å². The summed E-state index contributed by atoms with van der Waals surface area (Å²) in [5, 5.41) is 5.71. The van der Waals surface area contributed by atoms with E-state index in [4.69, 9.17) is 15.9 Å². The van der Waals surface area contributed by atoms with Crippen molar-refractivity contribution < 1.29 is 0 Å². The van der Waals surface area contributed by atoms with E-state index < -0.39 is 0 Å².